The predicted molar refractivity (Wildman–Crippen MR) is 61.6 cm³/mol. The van der Waals surface area contributed by atoms with E-state index < -0.39 is 35.3 Å². The number of H-pyrrole nitrogens is 1. The van der Waals surface area contributed by atoms with Crippen LogP contribution in [-0.2, 0) is 9.47 Å². The summed E-state index contributed by atoms with van der Waals surface area (Å²) in [5.74, 6) is 0. The molecule has 0 aromatic carbocycles. The summed E-state index contributed by atoms with van der Waals surface area (Å²) in [7, 11) is 0. The maximum atomic E-state index is 11.8. The molecule has 3 N–H and O–H groups in total. The zero-order valence-corrected chi connectivity index (χ0v) is 9.98. The van der Waals surface area contributed by atoms with E-state index in [4.69, 9.17) is 9.47 Å². The Hall–Kier alpha value is -1.48. The van der Waals surface area contributed by atoms with Gasteiger partial charge in [0, 0.05) is 18.7 Å². The predicted octanol–water partition coefficient (Wildman–Crippen LogP) is -2.05. The van der Waals surface area contributed by atoms with Gasteiger partial charge in [-0.25, -0.2) is 4.79 Å². The Morgan fingerprint density at radius 1 is 1.53 bits per heavy atom. The second kappa shape index (κ2) is 4.27. The van der Waals surface area contributed by atoms with E-state index in [9.17, 15) is 19.8 Å². The number of hydrogen-bond acceptors (Lipinski definition) is 6. The topological polar surface area (TPSA) is 114 Å². The molecule has 4 unspecified atom stereocenters. The first kappa shape index (κ1) is 12.5. The van der Waals surface area contributed by atoms with Crippen molar-refractivity contribution in [3.05, 3.63) is 33.1 Å². The molecule has 1 spiro atoms. The fourth-order valence-electron chi connectivity index (χ4n) is 2.64. The number of ether oxygens (including phenoxy) is 2. The number of aliphatic hydroxyl groups excluding tert-OH is 2. The van der Waals surface area contributed by atoms with Crippen molar-refractivity contribution in [2.45, 2.75) is 30.5 Å². The quantitative estimate of drug-likeness (QED) is 0.570. The Bertz CT molecular complexity index is 589. The van der Waals surface area contributed by atoms with E-state index in [2.05, 4.69) is 4.98 Å². The van der Waals surface area contributed by atoms with Crippen LogP contribution in [0.15, 0.2) is 21.9 Å². The molecule has 3 rings (SSSR count). The highest BCUT2D eigenvalue weighted by molar-refractivity contribution is 5.07. The van der Waals surface area contributed by atoms with Gasteiger partial charge < -0.3 is 19.7 Å². The zero-order valence-electron chi connectivity index (χ0n) is 9.98. The normalized spacial score (nSPS) is 37.5. The average molecular weight is 270 g/mol. The lowest BCUT2D eigenvalue weighted by Crippen LogP contribution is -2.57. The number of aromatic nitrogens is 2. The Morgan fingerprint density at radius 2 is 2.26 bits per heavy atom. The molecular weight excluding hydrogens is 256 g/mol. The standard InChI is InChI=1S/C11H14N2O6/c14-5-6-8(16)11(2-4-18-11)9(19-6)13-3-1-7(15)12-10(13)17/h1,3,6,8-9,14,16H,2,4-5H2,(H,12,15,17). The molecule has 4 atom stereocenters. The molecule has 1 aromatic rings. The molecule has 8 nitrogen and oxygen atoms in total. The molecule has 0 amide bonds. The van der Waals surface area contributed by atoms with Crippen molar-refractivity contribution in [1.82, 2.24) is 9.55 Å². The number of rotatable bonds is 2. The van der Waals surface area contributed by atoms with E-state index in [0.717, 1.165) is 0 Å². The van der Waals surface area contributed by atoms with Gasteiger partial charge in [0.05, 0.1) is 13.2 Å². The second-order valence-corrected chi connectivity index (χ2v) is 4.73. The summed E-state index contributed by atoms with van der Waals surface area (Å²) in [6.07, 6.45) is -0.889. The Balaban J connectivity index is 2.04. The summed E-state index contributed by atoms with van der Waals surface area (Å²) in [5, 5.41) is 19.3. The lowest BCUT2D eigenvalue weighted by Gasteiger charge is -2.44. The lowest BCUT2D eigenvalue weighted by atomic mass is 9.86. The van der Waals surface area contributed by atoms with Crippen molar-refractivity contribution < 1.29 is 19.7 Å². The van der Waals surface area contributed by atoms with Crippen molar-refractivity contribution >= 4 is 0 Å². The number of hydrogen-bond donors (Lipinski definition) is 3. The first-order valence-corrected chi connectivity index (χ1v) is 5.98. The Labute approximate surface area is 107 Å². The highest BCUT2D eigenvalue weighted by atomic mass is 16.6. The molecule has 1 aromatic heterocycles. The first-order valence-electron chi connectivity index (χ1n) is 5.98. The molecule has 0 bridgehead atoms. The Morgan fingerprint density at radius 3 is 2.79 bits per heavy atom. The van der Waals surface area contributed by atoms with Gasteiger partial charge in [0.1, 0.15) is 17.8 Å². The van der Waals surface area contributed by atoms with Crippen LogP contribution in [-0.4, -0.2) is 50.8 Å². The smallest absolute Gasteiger partial charge is 0.330 e. The summed E-state index contributed by atoms with van der Waals surface area (Å²) in [4.78, 5) is 25.0. The summed E-state index contributed by atoms with van der Waals surface area (Å²) in [6, 6.07) is 1.19. The minimum absolute atomic E-state index is 0.374. The van der Waals surface area contributed by atoms with E-state index in [-0.39, 0.29) is 6.61 Å². The average Bonchev–Trinajstić information content (AvgIpc) is 2.62. The zero-order chi connectivity index (χ0) is 13.6. The van der Waals surface area contributed by atoms with Crippen molar-refractivity contribution in [2.24, 2.45) is 0 Å². The van der Waals surface area contributed by atoms with E-state index >= 15 is 0 Å². The van der Waals surface area contributed by atoms with Gasteiger partial charge >= 0.3 is 5.69 Å². The van der Waals surface area contributed by atoms with Crippen molar-refractivity contribution in [1.29, 1.82) is 0 Å². The van der Waals surface area contributed by atoms with E-state index in [1.54, 1.807) is 0 Å². The van der Waals surface area contributed by atoms with Crippen LogP contribution >= 0.6 is 0 Å². The summed E-state index contributed by atoms with van der Waals surface area (Å²) in [6.45, 7) is 0.0774. The second-order valence-electron chi connectivity index (χ2n) is 4.73. The van der Waals surface area contributed by atoms with Gasteiger partial charge in [-0.2, -0.15) is 0 Å². The SMILES string of the molecule is O=c1ccn(C2OC(CO)C(O)C23CCO3)c(=O)[nH]1. The largest absolute Gasteiger partial charge is 0.394 e. The number of nitrogens with one attached hydrogen (secondary N) is 1. The number of nitrogens with zero attached hydrogens (tertiary/aromatic N) is 1. The molecule has 0 aliphatic carbocycles. The van der Waals surface area contributed by atoms with Gasteiger partial charge in [0.25, 0.3) is 5.56 Å². The highest BCUT2D eigenvalue weighted by Gasteiger charge is 2.61. The summed E-state index contributed by atoms with van der Waals surface area (Å²) < 4.78 is 12.1. The van der Waals surface area contributed by atoms with E-state index in [1.165, 1.54) is 16.8 Å². The molecule has 104 valence electrons. The van der Waals surface area contributed by atoms with Crippen molar-refractivity contribution in [2.75, 3.05) is 13.2 Å². The molecule has 2 aliphatic heterocycles. The lowest BCUT2D eigenvalue weighted by molar-refractivity contribution is -0.227. The van der Waals surface area contributed by atoms with Gasteiger partial charge in [0.2, 0.25) is 0 Å². The summed E-state index contributed by atoms with van der Waals surface area (Å²) in [5.41, 5.74) is -2.18. The van der Waals surface area contributed by atoms with Crippen LogP contribution in [0, 0.1) is 0 Å². The molecule has 19 heavy (non-hydrogen) atoms. The monoisotopic (exact) mass is 270 g/mol. The summed E-state index contributed by atoms with van der Waals surface area (Å²) >= 11 is 0. The van der Waals surface area contributed by atoms with Crippen LogP contribution in [0.2, 0.25) is 0 Å². The number of aromatic amines is 1. The van der Waals surface area contributed by atoms with Gasteiger partial charge in [-0.05, 0) is 0 Å². The maximum absolute atomic E-state index is 11.8. The fourth-order valence-corrected chi connectivity index (χ4v) is 2.64. The molecule has 8 heteroatoms. The Kier molecular flexibility index (Phi) is 2.82. The molecule has 0 radical (unpaired) electrons. The third-order valence-corrected chi connectivity index (χ3v) is 3.72. The van der Waals surface area contributed by atoms with Crippen LogP contribution in [0.1, 0.15) is 12.6 Å². The van der Waals surface area contributed by atoms with Gasteiger partial charge in [-0.1, -0.05) is 0 Å². The molecule has 2 saturated heterocycles. The maximum Gasteiger partial charge on any atom is 0.330 e. The van der Waals surface area contributed by atoms with Crippen molar-refractivity contribution in [3.63, 3.8) is 0 Å². The highest BCUT2D eigenvalue weighted by Crippen LogP contribution is 2.47. The minimum atomic E-state index is -1.03. The van der Waals surface area contributed by atoms with Crippen LogP contribution in [0.25, 0.3) is 0 Å². The van der Waals surface area contributed by atoms with E-state index in [1.807, 2.05) is 0 Å². The molecule has 2 fully saturated rings. The van der Waals surface area contributed by atoms with Crippen LogP contribution in [0.5, 0.6) is 0 Å². The van der Waals surface area contributed by atoms with Crippen LogP contribution in [0.4, 0.5) is 0 Å². The molecule has 0 saturated carbocycles. The van der Waals surface area contributed by atoms with Crippen molar-refractivity contribution in [3.8, 4) is 0 Å². The van der Waals surface area contributed by atoms with Gasteiger partial charge in [0.15, 0.2) is 6.23 Å². The minimum Gasteiger partial charge on any atom is -0.394 e. The van der Waals surface area contributed by atoms with Crippen LogP contribution < -0.4 is 11.2 Å². The molecular formula is C11H14N2O6. The number of aliphatic hydroxyl groups is 2. The third kappa shape index (κ3) is 1.68. The third-order valence-electron chi connectivity index (χ3n) is 3.72. The van der Waals surface area contributed by atoms with Gasteiger partial charge in [-0.15, -0.1) is 0 Å². The molecule has 2 aliphatic rings. The van der Waals surface area contributed by atoms with Gasteiger partial charge in [-0.3, -0.25) is 14.3 Å². The van der Waals surface area contributed by atoms with E-state index in [0.29, 0.717) is 13.0 Å². The van der Waals surface area contributed by atoms with Crippen LogP contribution in [0.3, 0.4) is 0 Å². The first-order chi connectivity index (χ1) is 9.08. The molecule has 3 heterocycles. The fraction of sp³-hybridized carbons (Fsp3) is 0.636.